The normalized spacial score (nSPS) is 13.1. The summed E-state index contributed by atoms with van der Waals surface area (Å²) in [5.74, 6) is 0. The first-order valence-electron chi connectivity index (χ1n) is 15.9. The van der Waals surface area contributed by atoms with Crippen LogP contribution in [-0.4, -0.2) is 11.4 Å². The average molecular weight is 584 g/mol. The van der Waals surface area contributed by atoms with Crippen LogP contribution in [0.2, 0.25) is 0 Å². The van der Waals surface area contributed by atoms with Crippen LogP contribution in [0.25, 0.3) is 71.7 Å². The van der Waals surface area contributed by atoms with E-state index in [9.17, 15) is 0 Å². The number of hydrogen-bond donors (Lipinski definition) is 0. The minimum absolute atomic E-state index is 0.0804. The van der Waals surface area contributed by atoms with Gasteiger partial charge in [0.25, 0.3) is 0 Å². The van der Waals surface area contributed by atoms with Gasteiger partial charge in [-0.05, 0) is 64.5 Å². The Morgan fingerprint density at radius 3 is 2.02 bits per heavy atom. The Morgan fingerprint density at radius 1 is 0.478 bits per heavy atom. The third kappa shape index (κ3) is 2.99. The fraction of sp³-hybridized carbons (Fsp3) is 0. The number of benzene rings is 7. The van der Waals surface area contributed by atoms with Crippen molar-refractivity contribution < 1.29 is 4.42 Å². The Morgan fingerprint density at radius 2 is 1.15 bits per heavy atom. The topological polar surface area (TPSA) is 21.3 Å². The SMILES string of the molecule is c1ccc(-n2c3ccc4c(c3c3ccc5c6ccccc6oc5c32)-c2ccccc2B2c3ccccc3-c3ccccc3N24)cc1. The molecule has 0 unspecified atom stereocenters. The van der Waals surface area contributed by atoms with E-state index in [1.54, 1.807) is 0 Å². The summed E-state index contributed by atoms with van der Waals surface area (Å²) in [6.45, 7) is 0.0804. The Hall–Kier alpha value is -6.00. The first-order valence-corrected chi connectivity index (χ1v) is 15.9. The zero-order chi connectivity index (χ0) is 29.9. The number of rotatable bonds is 1. The summed E-state index contributed by atoms with van der Waals surface area (Å²) < 4.78 is 9.12. The molecule has 46 heavy (non-hydrogen) atoms. The van der Waals surface area contributed by atoms with E-state index >= 15 is 0 Å². The van der Waals surface area contributed by atoms with Gasteiger partial charge in [0.1, 0.15) is 5.58 Å². The number of anilines is 2. The van der Waals surface area contributed by atoms with E-state index in [1.807, 2.05) is 6.07 Å². The molecule has 4 heterocycles. The highest BCUT2D eigenvalue weighted by molar-refractivity contribution is 6.92. The molecule has 0 amide bonds. The molecule has 0 fully saturated rings. The van der Waals surface area contributed by atoms with Crippen LogP contribution < -0.4 is 15.7 Å². The third-order valence-corrected chi connectivity index (χ3v) is 10.2. The third-order valence-electron chi connectivity index (χ3n) is 10.2. The molecule has 0 radical (unpaired) electrons. The van der Waals surface area contributed by atoms with Crippen molar-refractivity contribution in [3.8, 4) is 27.9 Å². The van der Waals surface area contributed by atoms with Gasteiger partial charge in [-0.3, -0.25) is 0 Å². The average Bonchev–Trinajstić information content (AvgIpc) is 3.68. The summed E-state index contributed by atoms with van der Waals surface area (Å²) >= 11 is 0. The molecular weight excluding hydrogens is 559 g/mol. The van der Waals surface area contributed by atoms with Crippen LogP contribution in [0.4, 0.5) is 11.4 Å². The minimum atomic E-state index is 0.0804. The van der Waals surface area contributed by atoms with Gasteiger partial charge in [0, 0.05) is 49.7 Å². The van der Waals surface area contributed by atoms with Gasteiger partial charge in [-0.1, -0.05) is 109 Å². The van der Waals surface area contributed by atoms with E-state index in [4.69, 9.17) is 4.42 Å². The Kier molecular flexibility index (Phi) is 4.66. The maximum absolute atomic E-state index is 6.71. The lowest BCUT2D eigenvalue weighted by Crippen LogP contribution is -2.59. The molecular formula is C42H25BN2O. The van der Waals surface area contributed by atoms with Crippen LogP contribution in [-0.2, 0) is 0 Å². The second kappa shape index (κ2) is 8.80. The van der Waals surface area contributed by atoms with Crippen molar-refractivity contribution in [3.05, 3.63) is 152 Å². The van der Waals surface area contributed by atoms with Crippen molar-refractivity contribution in [2.24, 2.45) is 0 Å². The second-order valence-corrected chi connectivity index (χ2v) is 12.4. The number of furan rings is 1. The lowest BCUT2D eigenvalue weighted by Gasteiger charge is -2.43. The Balaban J connectivity index is 1.33. The first kappa shape index (κ1) is 24.3. The van der Waals surface area contributed by atoms with Crippen LogP contribution in [0.3, 0.4) is 0 Å². The van der Waals surface area contributed by atoms with Crippen molar-refractivity contribution in [2.45, 2.75) is 0 Å². The second-order valence-electron chi connectivity index (χ2n) is 12.4. The molecule has 0 spiro atoms. The smallest absolute Gasteiger partial charge is 0.329 e. The van der Waals surface area contributed by atoms with Gasteiger partial charge in [-0.15, -0.1) is 0 Å². The molecule has 2 aromatic heterocycles. The molecule has 0 aliphatic carbocycles. The van der Waals surface area contributed by atoms with Gasteiger partial charge in [0.15, 0.2) is 5.58 Å². The maximum Gasteiger partial charge on any atom is 0.329 e. The predicted molar refractivity (Wildman–Crippen MR) is 193 cm³/mol. The van der Waals surface area contributed by atoms with E-state index in [0.717, 1.165) is 33.1 Å². The molecule has 0 bridgehead atoms. The zero-order valence-electron chi connectivity index (χ0n) is 24.8. The zero-order valence-corrected chi connectivity index (χ0v) is 24.8. The summed E-state index contributed by atoms with van der Waals surface area (Å²) in [6, 6.07) is 55.1. The van der Waals surface area contributed by atoms with Crippen molar-refractivity contribution in [3.63, 3.8) is 0 Å². The van der Waals surface area contributed by atoms with Crippen LogP contribution in [0, 0.1) is 0 Å². The molecule has 2 aliphatic rings. The summed E-state index contributed by atoms with van der Waals surface area (Å²) in [5.41, 5.74) is 15.5. The van der Waals surface area contributed by atoms with Crippen molar-refractivity contribution in [2.75, 3.05) is 4.81 Å². The van der Waals surface area contributed by atoms with E-state index in [1.165, 1.54) is 60.8 Å². The minimum Gasteiger partial charge on any atom is -0.454 e. The fourth-order valence-corrected chi connectivity index (χ4v) is 8.39. The summed E-state index contributed by atoms with van der Waals surface area (Å²) in [4.78, 5) is 2.58. The maximum atomic E-state index is 6.71. The van der Waals surface area contributed by atoms with Crippen LogP contribution in [0.1, 0.15) is 0 Å². The molecule has 0 saturated heterocycles. The molecule has 11 rings (SSSR count). The number of hydrogen-bond acceptors (Lipinski definition) is 2. The summed E-state index contributed by atoms with van der Waals surface area (Å²) in [5, 5.41) is 4.73. The number of aromatic nitrogens is 1. The number of para-hydroxylation sites is 3. The Labute approximate surface area is 265 Å². The molecule has 0 atom stereocenters. The van der Waals surface area contributed by atoms with E-state index < -0.39 is 0 Å². The van der Waals surface area contributed by atoms with Crippen molar-refractivity contribution in [1.82, 2.24) is 4.57 Å². The first-order chi connectivity index (χ1) is 22.9. The lowest BCUT2D eigenvalue weighted by atomic mass is 9.43. The number of nitrogens with zero attached hydrogens (tertiary/aromatic N) is 2. The fourth-order valence-electron chi connectivity index (χ4n) is 8.39. The summed E-state index contributed by atoms with van der Waals surface area (Å²) in [7, 11) is 0. The van der Waals surface area contributed by atoms with Gasteiger partial charge in [-0.25, -0.2) is 0 Å². The van der Waals surface area contributed by atoms with Gasteiger partial charge < -0.3 is 13.8 Å². The van der Waals surface area contributed by atoms with Gasteiger partial charge >= 0.3 is 6.85 Å². The summed E-state index contributed by atoms with van der Waals surface area (Å²) in [6.07, 6.45) is 0. The molecule has 212 valence electrons. The van der Waals surface area contributed by atoms with Crippen LogP contribution in [0.5, 0.6) is 0 Å². The van der Waals surface area contributed by atoms with Gasteiger partial charge in [0.2, 0.25) is 0 Å². The van der Waals surface area contributed by atoms with Gasteiger partial charge in [-0.2, -0.15) is 0 Å². The molecule has 7 aromatic carbocycles. The molecule has 0 N–H and O–H groups in total. The lowest BCUT2D eigenvalue weighted by molar-refractivity contribution is 0.671. The van der Waals surface area contributed by atoms with Crippen LogP contribution in [0.15, 0.2) is 156 Å². The molecule has 4 heteroatoms. The van der Waals surface area contributed by atoms with Crippen LogP contribution >= 0.6 is 0 Å². The standard InChI is InChI=1S/C42H25BN2O/c1-2-12-26(13-3-1)44-36-24-25-37-39(40(36)32-23-22-30-29-16-7-11-21-38(29)46-42(30)41(32)44)31-17-5-9-19-34(31)43-33-18-8-4-14-27(33)28-15-6-10-20-35(28)45(37)43/h1-25H. The highest BCUT2D eigenvalue weighted by Gasteiger charge is 2.43. The quantitative estimate of drug-likeness (QED) is 0.179. The van der Waals surface area contributed by atoms with E-state index in [2.05, 4.69) is 155 Å². The monoisotopic (exact) mass is 584 g/mol. The Bertz CT molecular complexity index is 2720. The van der Waals surface area contributed by atoms with E-state index in [0.29, 0.717) is 0 Å². The van der Waals surface area contributed by atoms with Crippen molar-refractivity contribution in [1.29, 1.82) is 0 Å². The van der Waals surface area contributed by atoms with Gasteiger partial charge in [0.05, 0.1) is 11.0 Å². The largest absolute Gasteiger partial charge is 0.454 e. The van der Waals surface area contributed by atoms with E-state index in [-0.39, 0.29) is 6.85 Å². The predicted octanol–water partition coefficient (Wildman–Crippen LogP) is 9.59. The number of fused-ring (bicyclic) bond motifs is 19. The molecule has 2 aliphatic heterocycles. The molecule has 0 saturated carbocycles. The van der Waals surface area contributed by atoms with Crippen molar-refractivity contribution >= 4 is 72.9 Å². The highest BCUT2D eigenvalue weighted by Crippen LogP contribution is 2.51. The molecule has 3 nitrogen and oxygen atoms in total. The highest BCUT2D eigenvalue weighted by atomic mass is 16.3. The molecule has 9 aromatic rings.